The van der Waals surface area contributed by atoms with Gasteiger partial charge in [0.15, 0.2) is 6.04 Å². The summed E-state index contributed by atoms with van der Waals surface area (Å²) < 4.78 is 18.2. The molecular formula is C15H12ClFN2O3. The molecular weight excluding hydrogens is 311 g/mol. The first kappa shape index (κ1) is 15.9. The molecule has 0 bridgehead atoms. The van der Waals surface area contributed by atoms with E-state index >= 15 is 0 Å². The predicted molar refractivity (Wildman–Crippen MR) is 77.9 cm³/mol. The summed E-state index contributed by atoms with van der Waals surface area (Å²) in [6, 6.07) is 5.80. The van der Waals surface area contributed by atoms with Crippen molar-refractivity contribution in [3.05, 3.63) is 64.7 Å². The van der Waals surface area contributed by atoms with Crippen LogP contribution >= 0.6 is 11.6 Å². The van der Waals surface area contributed by atoms with E-state index in [2.05, 4.69) is 15.0 Å². The molecule has 1 atom stereocenters. The van der Waals surface area contributed by atoms with E-state index in [0.717, 1.165) is 6.07 Å². The van der Waals surface area contributed by atoms with Gasteiger partial charge in [-0.25, -0.2) is 9.18 Å². The van der Waals surface area contributed by atoms with Gasteiger partial charge in [0, 0.05) is 12.4 Å². The van der Waals surface area contributed by atoms with Crippen molar-refractivity contribution in [3.63, 3.8) is 0 Å². The molecule has 0 saturated carbocycles. The quantitative estimate of drug-likeness (QED) is 0.878. The second-order valence-corrected chi connectivity index (χ2v) is 4.75. The Morgan fingerprint density at radius 1 is 1.36 bits per heavy atom. The van der Waals surface area contributed by atoms with Crippen LogP contribution in [0.15, 0.2) is 42.7 Å². The van der Waals surface area contributed by atoms with E-state index in [1.54, 1.807) is 12.1 Å². The van der Waals surface area contributed by atoms with Crippen LogP contribution in [0.1, 0.15) is 22.0 Å². The van der Waals surface area contributed by atoms with E-state index in [0.29, 0.717) is 0 Å². The van der Waals surface area contributed by atoms with Gasteiger partial charge in [-0.1, -0.05) is 17.7 Å². The molecule has 0 saturated heterocycles. The molecule has 2 aromatic rings. The van der Waals surface area contributed by atoms with Crippen molar-refractivity contribution in [2.45, 2.75) is 6.04 Å². The van der Waals surface area contributed by atoms with Gasteiger partial charge >= 0.3 is 5.97 Å². The van der Waals surface area contributed by atoms with Crippen LogP contribution in [-0.2, 0) is 9.53 Å². The second kappa shape index (κ2) is 7.00. The molecule has 0 radical (unpaired) electrons. The minimum atomic E-state index is -1.15. The largest absolute Gasteiger partial charge is 0.467 e. The van der Waals surface area contributed by atoms with Crippen LogP contribution in [0.4, 0.5) is 4.39 Å². The smallest absolute Gasteiger partial charge is 0.333 e. The normalized spacial score (nSPS) is 11.6. The number of carbonyl (C=O) groups is 2. The Labute approximate surface area is 131 Å². The van der Waals surface area contributed by atoms with E-state index in [-0.39, 0.29) is 16.1 Å². The van der Waals surface area contributed by atoms with Gasteiger partial charge in [-0.15, -0.1) is 0 Å². The Morgan fingerprint density at radius 3 is 2.73 bits per heavy atom. The van der Waals surface area contributed by atoms with Crippen LogP contribution in [0, 0.1) is 5.82 Å². The van der Waals surface area contributed by atoms with Crippen LogP contribution in [0.25, 0.3) is 0 Å². The lowest BCUT2D eigenvalue weighted by Gasteiger charge is -2.17. The first-order valence-electron chi connectivity index (χ1n) is 6.26. The fourth-order valence-electron chi connectivity index (χ4n) is 1.80. The van der Waals surface area contributed by atoms with E-state index < -0.39 is 23.7 Å². The van der Waals surface area contributed by atoms with Crippen molar-refractivity contribution < 1.29 is 18.7 Å². The van der Waals surface area contributed by atoms with Gasteiger partial charge in [0.1, 0.15) is 5.82 Å². The third kappa shape index (κ3) is 3.59. The average Bonchev–Trinajstić information content (AvgIpc) is 2.55. The summed E-state index contributed by atoms with van der Waals surface area (Å²) in [4.78, 5) is 27.8. The number of aromatic nitrogens is 1. The van der Waals surface area contributed by atoms with Crippen molar-refractivity contribution in [1.29, 1.82) is 0 Å². The molecule has 1 N–H and O–H groups in total. The lowest BCUT2D eigenvalue weighted by Crippen LogP contribution is -2.34. The number of halogens is 2. The number of hydrogen-bond acceptors (Lipinski definition) is 4. The molecule has 1 aromatic carbocycles. The van der Waals surface area contributed by atoms with E-state index in [4.69, 9.17) is 11.6 Å². The molecule has 5 nitrogen and oxygen atoms in total. The molecule has 22 heavy (non-hydrogen) atoms. The van der Waals surface area contributed by atoms with Crippen LogP contribution in [0.3, 0.4) is 0 Å². The Hall–Kier alpha value is -2.47. The lowest BCUT2D eigenvalue weighted by atomic mass is 10.1. The van der Waals surface area contributed by atoms with E-state index in [1.807, 2.05) is 0 Å². The Balaban J connectivity index is 2.29. The molecule has 1 amide bonds. The Bertz CT molecular complexity index is 694. The Morgan fingerprint density at radius 2 is 2.14 bits per heavy atom. The number of rotatable bonds is 4. The van der Waals surface area contributed by atoms with Gasteiger partial charge in [-0.05, 0) is 29.8 Å². The maximum atomic E-state index is 13.6. The lowest BCUT2D eigenvalue weighted by molar-refractivity contribution is -0.143. The molecule has 2 rings (SSSR count). The van der Waals surface area contributed by atoms with Crippen molar-refractivity contribution in [3.8, 4) is 0 Å². The summed E-state index contributed by atoms with van der Waals surface area (Å²) in [5, 5.41) is 2.41. The number of amides is 1. The molecule has 0 aliphatic heterocycles. The van der Waals surface area contributed by atoms with Gasteiger partial charge in [-0.3, -0.25) is 9.78 Å². The van der Waals surface area contributed by atoms with Crippen molar-refractivity contribution in [1.82, 2.24) is 10.3 Å². The third-order valence-electron chi connectivity index (χ3n) is 2.91. The summed E-state index contributed by atoms with van der Waals surface area (Å²) in [6.07, 6.45) is 2.87. The maximum Gasteiger partial charge on any atom is 0.333 e. The number of carbonyl (C=O) groups excluding carboxylic acids is 2. The third-order valence-corrected chi connectivity index (χ3v) is 3.22. The van der Waals surface area contributed by atoms with Crippen LogP contribution < -0.4 is 5.32 Å². The number of nitrogens with one attached hydrogen (secondary N) is 1. The highest BCUT2D eigenvalue weighted by Crippen LogP contribution is 2.21. The first-order chi connectivity index (χ1) is 10.5. The minimum Gasteiger partial charge on any atom is -0.467 e. The highest BCUT2D eigenvalue weighted by molar-refractivity contribution is 6.30. The Kier molecular flexibility index (Phi) is 5.06. The number of nitrogens with zero attached hydrogens (tertiary/aromatic N) is 1. The van der Waals surface area contributed by atoms with Gasteiger partial charge < -0.3 is 10.1 Å². The van der Waals surface area contributed by atoms with Gasteiger partial charge in [0.25, 0.3) is 5.91 Å². The molecule has 1 unspecified atom stereocenters. The van der Waals surface area contributed by atoms with E-state index in [9.17, 15) is 14.0 Å². The molecule has 0 aliphatic rings. The standard InChI is InChI=1S/C15H12ClFN2O3/c1-22-15(21)13(9-4-5-11(16)12(17)7-9)19-14(20)10-3-2-6-18-8-10/h2-8,13H,1H3,(H,19,20). The van der Waals surface area contributed by atoms with Crippen molar-refractivity contribution >= 4 is 23.5 Å². The molecule has 0 fully saturated rings. The first-order valence-corrected chi connectivity index (χ1v) is 6.64. The number of pyridine rings is 1. The molecule has 7 heteroatoms. The predicted octanol–water partition coefficient (Wildman–Crippen LogP) is 2.52. The van der Waals surface area contributed by atoms with Gasteiger partial charge in [0.2, 0.25) is 0 Å². The highest BCUT2D eigenvalue weighted by atomic mass is 35.5. The van der Waals surface area contributed by atoms with Crippen LogP contribution in [0.2, 0.25) is 5.02 Å². The average molecular weight is 323 g/mol. The molecule has 114 valence electrons. The fourth-order valence-corrected chi connectivity index (χ4v) is 1.92. The summed E-state index contributed by atoms with van der Waals surface area (Å²) in [5.74, 6) is -1.94. The van der Waals surface area contributed by atoms with Gasteiger partial charge in [-0.2, -0.15) is 0 Å². The molecule has 0 spiro atoms. The number of ether oxygens (including phenoxy) is 1. The maximum absolute atomic E-state index is 13.6. The van der Waals surface area contributed by atoms with Crippen LogP contribution in [0.5, 0.6) is 0 Å². The van der Waals surface area contributed by atoms with Crippen LogP contribution in [-0.4, -0.2) is 24.0 Å². The monoisotopic (exact) mass is 322 g/mol. The van der Waals surface area contributed by atoms with E-state index in [1.165, 1.54) is 31.6 Å². The number of esters is 1. The van der Waals surface area contributed by atoms with Crippen molar-refractivity contribution in [2.24, 2.45) is 0 Å². The fraction of sp³-hybridized carbons (Fsp3) is 0.133. The van der Waals surface area contributed by atoms with Gasteiger partial charge in [0.05, 0.1) is 17.7 Å². The summed E-state index contributed by atoms with van der Waals surface area (Å²) in [7, 11) is 1.18. The molecule has 1 aromatic heterocycles. The highest BCUT2D eigenvalue weighted by Gasteiger charge is 2.25. The molecule has 1 heterocycles. The van der Waals surface area contributed by atoms with Crippen molar-refractivity contribution in [2.75, 3.05) is 7.11 Å². The second-order valence-electron chi connectivity index (χ2n) is 4.34. The summed E-state index contributed by atoms with van der Waals surface area (Å²) >= 11 is 5.61. The molecule has 0 aliphatic carbocycles. The number of methoxy groups -OCH3 is 1. The number of benzene rings is 1. The summed E-state index contributed by atoms with van der Waals surface area (Å²) in [5.41, 5.74) is 0.497. The number of hydrogen-bond donors (Lipinski definition) is 1. The SMILES string of the molecule is COC(=O)C(NC(=O)c1cccnc1)c1ccc(Cl)c(F)c1. The topological polar surface area (TPSA) is 68.3 Å². The zero-order valence-corrected chi connectivity index (χ0v) is 12.3. The summed E-state index contributed by atoms with van der Waals surface area (Å²) in [6.45, 7) is 0. The zero-order chi connectivity index (χ0) is 16.1. The zero-order valence-electron chi connectivity index (χ0n) is 11.5. The minimum absolute atomic E-state index is 0.0778.